The van der Waals surface area contributed by atoms with E-state index in [1.807, 2.05) is 12.1 Å². The van der Waals surface area contributed by atoms with Gasteiger partial charge in [0, 0.05) is 29.4 Å². The fourth-order valence-electron chi connectivity index (χ4n) is 5.33. The third kappa shape index (κ3) is 6.92. The van der Waals surface area contributed by atoms with Crippen LogP contribution in [-0.2, 0) is 11.2 Å². The number of hydrogen-bond donors (Lipinski definition) is 4. The van der Waals surface area contributed by atoms with Crippen molar-refractivity contribution in [3.8, 4) is 16.9 Å². The lowest BCUT2D eigenvalue weighted by atomic mass is 9.93. The molecule has 1 saturated carbocycles. The molecule has 0 bridgehead atoms. The number of aliphatic hydroxyl groups excluding tert-OH is 1. The number of cyclic esters (lactones) is 1. The van der Waals surface area contributed by atoms with Crippen LogP contribution in [0.25, 0.3) is 11.1 Å². The monoisotopic (exact) mass is 600 g/mol. The molecule has 3 heterocycles. The number of benzene rings is 1. The summed E-state index contributed by atoms with van der Waals surface area (Å²) >= 11 is 7.09. The molecule has 0 radical (unpaired) electrons. The van der Waals surface area contributed by atoms with Crippen LogP contribution >= 0.6 is 22.9 Å². The average molecular weight is 601 g/mol. The van der Waals surface area contributed by atoms with Gasteiger partial charge in [-0.05, 0) is 74.5 Å². The fourth-order valence-corrected chi connectivity index (χ4v) is 6.29. The van der Waals surface area contributed by atoms with E-state index in [4.69, 9.17) is 21.1 Å². The number of carbonyl (C=O) groups is 2. The Labute approximate surface area is 246 Å². The molecule has 2 amide bonds. The summed E-state index contributed by atoms with van der Waals surface area (Å²) in [5.41, 5.74) is 2.57. The van der Waals surface area contributed by atoms with Crippen LogP contribution in [0.1, 0.15) is 40.9 Å². The van der Waals surface area contributed by atoms with Crippen molar-refractivity contribution in [2.75, 3.05) is 31.6 Å². The van der Waals surface area contributed by atoms with Crippen molar-refractivity contribution in [3.05, 3.63) is 67.7 Å². The molecule has 1 saturated heterocycles. The summed E-state index contributed by atoms with van der Waals surface area (Å²) in [6, 6.07) is 10.9. The molecule has 2 aliphatic rings. The van der Waals surface area contributed by atoms with Crippen LogP contribution < -0.4 is 25.8 Å². The minimum Gasteiger partial charge on any atom is -0.496 e. The first-order chi connectivity index (χ1) is 19.8. The molecule has 12 heteroatoms. The maximum absolute atomic E-state index is 12.8. The highest BCUT2D eigenvalue weighted by atomic mass is 35.5. The van der Waals surface area contributed by atoms with E-state index in [-0.39, 0.29) is 30.7 Å². The first-order valence-electron chi connectivity index (χ1n) is 13.6. The molecule has 0 unspecified atom stereocenters. The van der Waals surface area contributed by atoms with E-state index in [1.54, 1.807) is 37.6 Å². The Balaban J connectivity index is 1.26. The van der Waals surface area contributed by atoms with E-state index in [2.05, 4.69) is 15.6 Å². The van der Waals surface area contributed by atoms with Crippen LogP contribution in [0, 0.1) is 0 Å². The number of amides is 2. The van der Waals surface area contributed by atoms with E-state index in [0.29, 0.717) is 45.2 Å². The lowest BCUT2D eigenvalue weighted by molar-refractivity contribution is 0.0920. The third-order valence-electron chi connectivity index (χ3n) is 7.52. The van der Waals surface area contributed by atoms with E-state index < -0.39 is 12.2 Å². The van der Waals surface area contributed by atoms with Crippen molar-refractivity contribution >= 4 is 40.6 Å². The highest BCUT2D eigenvalue weighted by Gasteiger charge is 2.33. The molecule has 1 atom stereocenters. The quantitative estimate of drug-likeness (QED) is 0.277. The Morgan fingerprint density at radius 3 is 2.71 bits per heavy atom. The van der Waals surface area contributed by atoms with Gasteiger partial charge in [0.15, 0.2) is 0 Å². The standard InChI is InChI=1S/C29H33ClN4O6S/c1-39-24-14-18(34-16-20(40-29(34)38)15-33-28(37)25-8-9-26(30)41-25)4-7-22(24)21-10-13-32-27(36)23(21)11-12-31-17-2-5-19(35)6-3-17/h4,7-10,13-14,17,19-20,31,35H,2-3,5-6,11-12,15-16H2,1H3,(H,32,36)(H,33,37)/t17?,19?,20-/m0/s1. The molecule has 1 aliphatic heterocycles. The molecule has 1 aromatic carbocycles. The summed E-state index contributed by atoms with van der Waals surface area (Å²) in [6.45, 7) is 1.06. The Bertz CT molecular complexity index is 1450. The molecular weight excluding hydrogens is 568 g/mol. The van der Waals surface area contributed by atoms with Gasteiger partial charge in [0.25, 0.3) is 11.5 Å². The summed E-state index contributed by atoms with van der Waals surface area (Å²) < 4.78 is 11.7. The van der Waals surface area contributed by atoms with Gasteiger partial charge < -0.3 is 30.2 Å². The summed E-state index contributed by atoms with van der Waals surface area (Å²) in [5, 5.41) is 16.1. The van der Waals surface area contributed by atoms with Gasteiger partial charge in [0.05, 0.1) is 41.2 Å². The lowest BCUT2D eigenvalue weighted by Gasteiger charge is -2.26. The summed E-state index contributed by atoms with van der Waals surface area (Å²) in [7, 11) is 1.55. The van der Waals surface area contributed by atoms with Gasteiger partial charge in [0.1, 0.15) is 11.9 Å². The van der Waals surface area contributed by atoms with Gasteiger partial charge >= 0.3 is 6.09 Å². The number of pyridine rings is 1. The predicted octanol–water partition coefficient (Wildman–Crippen LogP) is 3.96. The van der Waals surface area contributed by atoms with Crippen LogP contribution in [-0.4, -0.2) is 67.1 Å². The molecule has 2 aromatic heterocycles. The maximum Gasteiger partial charge on any atom is 0.414 e. The Kier molecular flexibility index (Phi) is 9.29. The molecular formula is C29H33ClN4O6S. The lowest BCUT2D eigenvalue weighted by Crippen LogP contribution is -2.36. The van der Waals surface area contributed by atoms with Crippen LogP contribution in [0.15, 0.2) is 47.4 Å². The molecule has 41 heavy (non-hydrogen) atoms. The van der Waals surface area contributed by atoms with Gasteiger partial charge in [-0.15, -0.1) is 11.3 Å². The Hall–Kier alpha value is -3.38. The SMILES string of the molecule is COc1cc(N2C[C@H](CNC(=O)c3ccc(Cl)s3)OC2=O)ccc1-c1cc[nH]c(=O)c1CCNC1CCC(O)CC1. The molecule has 10 nitrogen and oxygen atoms in total. The van der Waals surface area contributed by atoms with E-state index in [1.165, 1.54) is 16.2 Å². The van der Waals surface area contributed by atoms with Gasteiger partial charge in [0.2, 0.25) is 0 Å². The highest BCUT2D eigenvalue weighted by Crippen LogP contribution is 2.36. The van der Waals surface area contributed by atoms with E-state index in [0.717, 1.165) is 36.8 Å². The average Bonchev–Trinajstić information content (AvgIpc) is 3.58. The number of H-pyrrole nitrogens is 1. The molecule has 218 valence electrons. The van der Waals surface area contributed by atoms with Crippen molar-refractivity contribution in [2.24, 2.45) is 0 Å². The molecule has 2 fully saturated rings. The van der Waals surface area contributed by atoms with Crippen molar-refractivity contribution in [1.82, 2.24) is 15.6 Å². The van der Waals surface area contributed by atoms with Crippen LogP contribution in [0.5, 0.6) is 5.75 Å². The maximum atomic E-state index is 12.8. The molecule has 0 spiro atoms. The number of carbonyl (C=O) groups excluding carboxylic acids is 2. The van der Waals surface area contributed by atoms with Gasteiger partial charge in [-0.1, -0.05) is 11.6 Å². The summed E-state index contributed by atoms with van der Waals surface area (Å²) in [4.78, 5) is 42.6. The number of nitrogens with zero attached hydrogens (tertiary/aromatic N) is 1. The number of rotatable bonds is 10. The van der Waals surface area contributed by atoms with Gasteiger partial charge in [-0.3, -0.25) is 14.5 Å². The predicted molar refractivity (Wildman–Crippen MR) is 158 cm³/mol. The zero-order valence-electron chi connectivity index (χ0n) is 22.7. The number of ether oxygens (including phenoxy) is 2. The first kappa shape index (κ1) is 29.1. The van der Waals surface area contributed by atoms with Crippen LogP contribution in [0.3, 0.4) is 0 Å². The topological polar surface area (TPSA) is 133 Å². The number of nitrogens with one attached hydrogen (secondary N) is 3. The number of aromatic amines is 1. The zero-order valence-corrected chi connectivity index (χ0v) is 24.2. The molecule has 4 N–H and O–H groups in total. The fraction of sp³-hybridized carbons (Fsp3) is 0.414. The van der Waals surface area contributed by atoms with E-state index >= 15 is 0 Å². The largest absolute Gasteiger partial charge is 0.496 e. The number of hydrogen-bond acceptors (Lipinski definition) is 8. The number of aromatic nitrogens is 1. The number of halogens is 1. The molecule has 5 rings (SSSR count). The first-order valence-corrected chi connectivity index (χ1v) is 14.8. The minimum atomic E-state index is -0.522. The van der Waals surface area contributed by atoms with Gasteiger partial charge in [-0.25, -0.2) is 4.79 Å². The number of methoxy groups -OCH3 is 1. The molecule has 1 aliphatic carbocycles. The zero-order chi connectivity index (χ0) is 28.9. The summed E-state index contributed by atoms with van der Waals surface area (Å²) in [6.07, 6.45) is 4.32. The Morgan fingerprint density at radius 1 is 1.17 bits per heavy atom. The third-order valence-corrected chi connectivity index (χ3v) is 8.75. The second-order valence-corrected chi connectivity index (χ2v) is 11.9. The minimum absolute atomic E-state index is 0.160. The van der Waals surface area contributed by atoms with E-state index in [9.17, 15) is 19.5 Å². The van der Waals surface area contributed by atoms with Crippen LogP contribution in [0.2, 0.25) is 4.34 Å². The van der Waals surface area contributed by atoms with Crippen molar-refractivity contribution in [2.45, 2.75) is 50.4 Å². The number of anilines is 1. The van der Waals surface area contributed by atoms with Gasteiger partial charge in [-0.2, -0.15) is 0 Å². The van der Waals surface area contributed by atoms with Crippen molar-refractivity contribution < 1.29 is 24.2 Å². The van der Waals surface area contributed by atoms with Crippen LogP contribution in [0.4, 0.5) is 10.5 Å². The molecule has 3 aromatic rings. The second-order valence-electron chi connectivity index (χ2n) is 10.2. The number of aliphatic hydroxyl groups is 1. The summed E-state index contributed by atoms with van der Waals surface area (Å²) in [5.74, 6) is 0.242. The normalized spacial score (nSPS) is 20.6. The number of thiophene rings is 1. The second kappa shape index (κ2) is 13.1. The van der Waals surface area contributed by atoms with Crippen molar-refractivity contribution in [1.29, 1.82) is 0 Å². The smallest absolute Gasteiger partial charge is 0.414 e. The highest BCUT2D eigenvalue weighted by molar-refractivity contribution is 7.18. The van der Waals surface area contributed by atoms with Crippen molar-refractivity contribution in [3.63, 3.8) is 0 Å². The Morgan fingerprint density at radius 2 is 1.98 bits per heavy atom.